The van der Waals surface area contributed by atoms with E-state index >= 15 is 0 Å². The predicted molar refractivity (Wildman–Crippen MR) is 99.9 cm³/mol. The van der Waals surface area contributed by atoms with Crippen LogP contribution in [0.4, 0.5) is 0 Å². The van der Waals surface area contributed by atoms with E-state index in [1.165, 1.54) is 29.6 Å². The number of hydrogen-bond acceptors (Lipinski definition) is 4. The smallest absolute Gasteiger partial charge is 0.253 e. The minimum Gasteiger partial charge on any atom is -0.378 e. The zero-order valence-corrected chi connectivity index (χ0v) is 16.8. The number of sulfonamides is 1. The Kier molecular flexibility index (Phi) is 5.63. The van der Waals surface area contributed by atoms with Gasteiger partial charge in [-0.05, 0) is 51.3 Å². The van der Waals surface area contributed by atoms with Crippen molar-refractivity contribution in [2.75, 3.05) is 13.7 Å². The van der Waals surface area contributed by atoms with Gasteiger partial charge in [-0.3, -0.25) is 4.79 Å². The summed E-state index contributed by atoms with van der Waals surface area (Å²) in [5.41, 5.74) is 0.185. The summed E-state index contributed by atoms with van der Waals surface area (Å²) in [6.07, 6.45) is 3.07. The van der Waals surface area contributed by atoms with Crippen molar-refractivity contribution in [1.82, 2.24) is 9.62 Å². The lowest BCUT2D eigenvalue weighted by molar-refractivity contribution is -0.100. The van der Waals surface area contributed by atoms with Crippen LogP contribution in [0.15, 0.2) is 23.1 Å². The molecule has 144 valence electrons. The van der Waals surface area contributed by atoms with Crippen LogP contribution in [0.25, 0.3) is 0 Å². The normalized spacial score (nSPS) is 25.7. The minimum atomic E-state index is -3.68. The molecule has 1 amide bonds. The number of fused-ring (bicyclic) bond motifs is 1. The topological polar surface area (TPSA) is 75.7 Å². The van der Waals surface area contributed by atoms with Crippen LogP contribution in [0.3, 0.4) is 0 Å². The lowest BCUT2D eigenvalue weighted by atomic mass is 9.72. The number of halogens is 1. The molecule has 2 fully saturated rings. The van der Waals surface area contributed by atoms with Crippen molar-refractivity contribution in [2.24, 2.45) is 5.92 Å². The maximum Gasteiger partial charge on any atom is 0.253 e. The highest BCUT2D eigenvalue weighted by molar-refractivity contribution is 7.89. The van der Waals surface area contributed by atoms with E-state index in [9.17, 15) is 13.2 Å². The van der Waals surface area contributed by atoms with Gasteiger partial charge in [-0.25, -0.2) is 8.42 Å². The molecular formula is C18H25ClN2O4S. The van der Waals surface area contributed by atoms with Crippen molar-refractivity contribution in [1.29, 1.82) is 0 Å². The first-order chi connectivity index (χ1) is 12.2. The Morgan fingerprint density at radius 1 is 1.38 bits per heavy atom. The molecule has 1 aliphatic heterocycles. The third kappa shape index (κ3) is 3.63. The number of carbonyl (C=O) groups is 1. The maximum atomic E-state index is 12.7. The molecule has 6 nitrogen and oxygen atoms in total. The van der Waals surface area contributed by atoms with E-state index in [0.29, 0.717) is 5.92 Å². The zero-order valence-electron chi connectivity index (χ0n) is 15.2. The number of rotatable bonds is 5. The molecule has 8 heteroatoms. The molecule has 1 aliphatic carbocycles. The third-order valence-electron chi connectivity index (χ3n) is 5.40. The quantitative estimate of drug-likeness (QED) is 0.824. The Bertz CT molecular complexity index is 796. The summed E-state index contributed by atoms with van der Waals surface area (Å²) in [4.78, 5) is 12.7. The van der Waals surface area contributed by atoms with Crippen molar-refractivity contribution >= 4 is 27.5 Å². The Morgan fingerprint density at radius 2 is 2.12 bits per heavy atom. The van der Waals surface area contributed by atoms with Gasteiger partial charge in [0.05, 0.1) is 21.6 Å². The SMILES string of the molecule is CC(C)N(C)S(=O)(=O)c1ccc(Cl)c(C(=O)N[C@@H]2C[C@@H]3OCCC[C@@H]32)c1. The van der Waals surface area contributed by atoms with E-state index in [4.69, 9.17) is 16.3 Å². The lowest BCUT2D eigenvalue weighted by Gasteiger charge is -2.47. The summed E-state index contributed by atoms with van der Waals surface area (Å²) in [6.45, 7) is 4.37. The maximum absolute atomic E-state index is 12.7. The highest BCUT2D eigenvalue weighted by atomic mass is 35.5. The molecule has 3 rings (SSSR count). The van der Waals surface area contributed by atoms with Crippen LogP contribution in [-0.4, -0.2) is 50.5 Å². The lowest BCUT2D eigenvalue weighted by Crippen LogP contribution is -2.57. The minimum absolute atomic E-state index is 0.0578. The Hall–Kier alpha value is -1.15. The van der Waals surface area contributed by atoms with Gasteiger partial charge < -0.3 is 10.1 Å². The average molecular weight is 401 g/mol. The van der Waals surface area contributed by atoms with Crippen LogP contribution in [0, 0.1) is 5.92 Å². The van der Waals surface area contributed by atoms with Crippen LogP contribution in [0.1, 0.15) is 43.5 Å². The van der Waals surface area contributed by atoms with Crippen molar-refractivity contribution in [3.05, 3.63) is 28.8 Å². The van der Waals surface area contributed by atoms with Gasteiger partial charge in [0.25, 0.3) is 5.91 Å². The molecule has 0 unspecified atom stereocenters. The average Bonchev–Trinajstić information content (AvgIpc) is 2.58. The number of ether oxygens (including phenoxy) is 1. The van der Waals surface area contributed by atoms with E-state index in [0.717, 1.165) is 25.9 Å². The molecule has 26 heavy (non-hydrogen) atoms. The molecule has 3 atom stereocenters. The summed E-state index contributed by atoms with van der Waals surface area (Å²) in [6, 6.07) is 4.12. The Labute approximate surface area is 159 Å². The van der Waals surface area contributed by atoms with Crippen molar-refractivity contribution < 1.29 is 17.9 Å². The van der Waals surface area contributed by atoms with Gasteiger partial charge >= 0.3 is 0 Å². The molecule has 0 radical (unpaired) electrons. The van der Waals surface area contributed by atoms with Gasteiger partial charge in [0.15, 0.2) is 0 Å². The van der Waals surface area contributed by atoms with E-state index < -0.39 is 10.0 Å². The number of amides is 1. The standard InChI is InChI=1S/C18H25ClN2O4S/c1-11(2)21(3)26(23,24)12-6-7-15(19)14(9-12)18(22)20-16-10-17-13(16)5-4-8-25-17/h6-7,9,11,13,16-17H,4-5,8,10H2,1-3H3,(H,20,22)/t13-,16-,17+/m1/s1. The second-order valence-corrected chi connectivity index (χ2v) is 9.69. The third-order valence-corrected chi connectivity index (χ3v) is 7.76. The second-order valence-electron chi connectivity index (χ2n) is 7.29. The van der Waals surface area contributed by atoms with Gasteiger partial charge in [0.1, 0.15) is 0 Å². The number of carbonyl (C=O) groups excluding carboxylic acids is 1. The number of hydrogen-bond donors (Lipinski definition) is 1. The van der Waals surface area contributed by atoms with Crippen molar-refractivity contribution in [3.8, 4) is 0 Å². The summed E-state index contributed by atoms with van der Waals surface area (Å²) in [7, 11) is -2.16. The van der Waals surface area contributed by atoms with E-state index in [1.807, 2.05) is 0 Å². The predicted octanol–water partition coefficient (Wildman–Crippen LogP) is 2.67. The fourth-order valence-electron chi connectivity index (χ4n) is 3.49. The Morgan fingerprint density at radius 3 is 2.77 bits per heavy atom. The van der Waals surface area contributed by atoms with Gasteiger partial charge in [-0.1, -0.05) is 11.6 Å². The number of benzene rings is 1. The van der Waals surface area contributed by atoms with Crippen molar-refractivity contribution in [3.63, 3.8) is 0 Å². The fraction of sp³-hybridized carbons (Fsp3) is 0.611. The number of nitrogens with one attached hydrogen (secondary N) is 1. The molecular weight excluding hydrogens is 376 g/mol. The summed E-state index contributed by atoms with van der Waals surface area (Å²) < 4.78 is 32.3. The highest BCUT2D eigenvalue weighted by Gasteiger charge is 2.44. The van der Waals surface area contributed by atoms with Crippen LogP contribution in [0.2, 0.25) is 5.02 Å². The van der Waals surface area contributed by atoms with Crippen LogP contribution in [0.5, 0.6) is 0 Å². The molecule has 1 aromatic rings. The molecule has 1 aromatic carbocycles. The molecule has 0 spiro atoms. The fourth-order valence-corrected chi connectivity index (χ4v) is 5.09. The molecule has 1 N–H and O–H groups in total. The highest BCUT2D eigenvalue weighted by Crippen LogP contribution is 2.38. The van der Waals surface area contributed by atoms with E-state index in [2.05, 4.69) is 5.32 Å². The molecule has 1 heterocycles. The van der Waals surface area contributed by atoms with Gasteiger partial charge in [-0.15, -0.1) is 0 Å². The van der Waals surface area contributed by atoms with Gasteiger partial charge in [0.2, 0.25) is 10.0 Å². The molecule has 0 bridgehead atoms. The van der Waals surface area contributed by atoms with Crippen LogP contribution < -0.4 is 5.32 Å². The molecule has 2 aliphatic rings. The van der Waals surface area contributed by atoms with Crippen LogP contribution >= 0.6 is 11.6 Å². The van der Waals surface area contributed by atoms with Gasteiger partial charge in [-0.2, -0.15) is 4.31 Å². The van der Waals surface area contributed by atoms with Crippen LogP contribution in [-0.2, 0) is 14.8 Å². The summed E-state index contributed by atoms with van der Waals surface area (Å²) in [5, 5.41) is 3.23. The Balaban J connectivity index is 1.78. The van der Waals surface area contributed by atoms with E-state index in [1.54, 1.807) is 13.8 Å². The molecule has 0 aromatic heterocycles. The second kappa shape index (κ2) is 7.46. The van der Waals surface area contributed by atoms with Gasteiger partial charge in [0, 0.05) is 31.7 Å². The first kappa shape index (κ1) is 19.6. The first-order valence-corrected chi connectivity index (χ1v) is 10.7. The summed E-state index contributed by atoms with van der Waals surface area (Å²) in [5.74, 6) is -0.00117. The summed E-state index contributed by atoms with van der Waals surface area (Å²) >= 11 is 6.17. The monoisotopic (exact) mass is 400 g/mol. The van der Waals surface area contributed by atoms with Crippen molar-refractivity contribution in [2.45, 2.75) is 56.2 Å². The number of nitrogens with zero attached hydrogens (tertiary/aromatic N) is 1. The molecule has 1 saturated carbocycles. The largest absolute Gasteiger partial charge is 0.378 e. The zero-order chi connectivity index (χ0) is 19.1. The molecule has 1 saturated heterocycles. The first-order valence-electron chi connectivity index (χ1n) is 8.92. The van der Waals surface area contributed by atoms with E-state index in [-0.39, 0.29) is 39.6 Å².